The monoisotopic (exact) mass is 676 g/mol. The number of hydrogen-bond acceptors (Lipinski definition) is 5. The summed E-state index contributed by atoms with van der Waals surface area (Å²) in [5.74, 6) is -0.714. The normalized spacial score (nSPS) is 14.5. The van der Waals surface area contributed by atoms with Crippen molar-refractivity contribution in [3.8, 4) is 0 Å². The molecular weight excluding hydrogens is 642 g/mol. The zero-order valence-electron chi connectivity index (χ0n) is 25.4. The van der Waals surface area contributed by atoms with Crippen molar-refractivity contribution in [2.45, 2.75) is 71.6 Å². The van der Waals surface area contributed by atoms with Gasteiger partial charge in [-0.3, -0.25) is 9.59 Å². The highest BCUT2D eigenvalue weighted by atomic mass is 35.5. The molecule has 0 bridgehead atoms. The van der Waals surface area contributed by atoms with Gasteiger partial charge in [0.2, 0.25) is 11.9 Å². The van der Waals surface area contributed by atoms with E-state index in [0.717, 1.165) is 12.8 Å². The third-order valence-corrected chi connectivity index (χ3v) is 8.32. The number of rotatable bonds is 11. The lowest BCUT2D eigenvalue weighted by Crippen LogP contribution is -2.34. The molecule has 0 aliphatic heterocycles. The highest BCUT2D eigenvalue weighted by Crippen LogP contribution is 2.48. The van der Waals surface area contributed by atoms with E-state index in [2.05, 4.69) is 16.0 Å². The van der Waals surface area contributed by atoms with Gasteiger partial charge in [-0.1, -0.05) is 50.0 Å². The number of amides is 2. The summed E-state index contributed by atoms with van der Waals surface area (Å²) < 4.78 is 66.8. The molecule has 1 saturated carbocycles. The summed E-state index contributed by atoms with van der Waals surface area (Å²) in [6, 6.07) is 6.24. The number of carbonyl (C=O) groups is 2. The molecule has 3 aromatic rings. The molecule has 4 rings (SSSR count). The van der Waals surface area contributed by atoms with E-state index >= 15 is 0 Å². The fraction of sp³-hybridized carbons (Fsp3) is 0.500. The van der Waals surface area contributed by atoms with E-state index in [4.69, 9.17) is 28.2 Å². The molecule has 15 heteroatoms. The Bertz CT molecular complexity index is 1600. The van der Waals surface area contributed by atoms with Crippen LogP contribution in [-0.2, 0) is 16.9 Å². The number of hydrogen-bond donors (Lipinski definition) is 3. The van der Waals surface area contributed by atoms with Crippen molar-refractivity contribution in [3.05, 3.63) is 45.4 Å². The molecule has 1 heterocycles. The fourth-order valence-electron chi connectivity index (χ4n) is 4.76. The maximum atomic E-state index is 13.4. The maximum Gasteiger partial charge on any atom is 0.390 e. The van der Waals surface area contributed by atoms with Crippen molar-refractivity contribution >= 4 is 63.4 Å². The summed E-state index contributed by atoms with van der Waals surface area (Å²) >= 11 is 13.3. The maximum absolute atomic E-state index is 13.4. The first-order valence-electron chi connectivity index (χ1n) is 14.2. The summed E-state index contributed by atoms with van der Waals surface area (Å²) in [5, 5.41) is 8.81. The second-order valence-corrected chi connectivity index (χ2v) is 13.3. The van der Waals surface area contributed by atoms with Crippen LogP contribution in [0.3, 0.4) is 0 Å². The third-order valence-electron chi connectivity index (χ3n) is 7.58. The quantitative estimate of drug-likeness (QED) is 0.182. The summed E-state index contributed by atoms with van der Waals surface area (Å²) in [7, 11) is 1.38. The van der Waals surface area contributed by atoms with E-state index < -0.39 is 49.0 Å². The SMILES string of the molecule is CN(CC(F)F)c1cc2c(cc1C(=O)NCCC(F)(F)F)nc(Nc1c(Cl)ccc(CNC(=O)C(C)(C)C)c1Cl)n2C1(C)CC1. The lowest BCUT2D eigenvalue weighted by Gasteiger charge is -2.23. The van der Waals surface area contributed by atoms with Gasteiger partial charge < -0.3 is 25.4 Å². The zero-order valence-corrected chi connectivity index (χ0v) is 26.9. The van der Waals surface area contributed by atoms with Crippen LogP contribution in [0.5, 0.6) is 0 Å². The Morgan fingerprint density at radius 1 is 1.11 bits per heavy atom. The van der Waals surface area contributed by atoms with E-state index in [1.54, 1.807) is 39.0 Å². The van der Waals surface area contributed by atoms with Crippen LogP contribution in [0.25, 0.3) is 11.0 Å². The standard InChI is InChI=1S/C30H35Cl2F5N6O2/c1-28(2,3)26(45)39-14-16-6-7-18(31)24(23(16)32)41-27-40-19-12-17(25(44)38-11-10-30(35,36)37)20(42(5)15-22(33)34)13-21(19)43(27)29(4)8-9-29/h6-7,12-13,22H,8-11,14-15H2,1-5H3,(H,38,44)(H,39,45)(H,40,41). The Hall–Kier alpha value is -3.32. The number of halogens is 7. The van der Waals surface area contributed by atoms with Gasteiger partial charge in [-0.2, -0.15) is 13.2 Å². The molecular formula is C30H35Cl2F5N6O2. The average molecular weight is 678 g/mol. The van der Waals surface area contributed by atoms with E-state index in [0.29, 0.717) is 28.2 Å². The molecule has 1 fully saturated rings. The van der Waals surface area contributed by atoms with Crippen LogP contribution < -0.4 is 20.9 Å². The zero-order chi connectivity index (χ0) is 33.5. The van der Waals surface area contributed by atoms with Gasteiger partial charge in [0.25, 0.3) is 12.3 Å². The van der Waals surface area contributed by atoms with E-state index in [-0.39, 0.29) is 33.7 Å². The fourth-order valence-corrected chi connectivity index (χ4v) is 5.29. The first kappa shape index (κ1) is 34.6. The third kappa shape index (κ3) is 8.10. The lowest BCUT2D eigenvalue weighted by molar-refractivity contribution is -0.133. The number of carbonyl (C=O) groups excluding carboxylic acids is 2. The van der Waals surface area contributed by atoms with E-state index in [1.165, 1.54) is 18.0 Å². The van der Waals surface area contributed by atoms with Crippen molar-refractivity contribution < 1.29 is 31.5 Å². The van der Waals surface area contributed by atoms with Crippen molar-refractivity contribution in [2.75, 3.05) is 30.4 Å². The van der Waals surface area contributed by atoms with E-state index in [9.17, 15) is 31.5 Å². The Morgan fingerprint density at radius 2 is 1.78 bits per heavy atom. The molecule has 3 N–H and O–H groups in total. The number of imidazole rings is 1. The second-order valence-electron chi connectivity index (χ2n) is 12.5. The molecule has 0 unspecified atom stereocenters. The van der Waals surface area contributed by atoms with Crippen LogP contribution in [0.15, 0.2) is 24.3 Å². The van der Waals surface area contributed by atoms with Crippen LogP contribution >= 0.6 is 23.2 Å². The molecule has 0 atom stereocenters. The number of anilines is 3. The van der Waals surface area contributed by atoms with Gasteiger partial charge in [0, 0.05) is 31.1 Å². The average Bonchev–Trinajstić information content (AvgIpc) is 3.55. The predicted molar refractivity (Wildman–Crippen MR) is 166 cm³/mol. The van der Waals surface area contributed by atoms with Crippen molar-refractivity contribution in [2.24, 2.45) is 5.41 Å². The van der Waals surface area contributed by atoms with Crippen LogP contribution in [0.2, 0.25) is 10.0 Å². The molecule has 45 heavy (non-hydrogen) atoms. The topological polar surface area (TPSA) is 91.3 Å². The number of nitrogens with zero attached hydrogens (tertiary/aromatic N) is 3. The van der Waals surface area contributed by atoms with Crippen molar-refractivity contribution in [1.82, 2.24) is 20.2 Å². The molecule has 0 radical (unpaired) electrons. The molecule has 0 spiro atoms. The van der Waals surface area contributed by atoms with Crippen LogP contribution in [0.1, 0.15) is 62.9 Å². The molecule has 0 saturated heterocycles. The number of benzene rings is 2. The second kappa shape index (κ2) is 12.8. The molecule has 1 aliphatic rings. The lowest BCUT2D eigenvalue weighted by atomic mass is 9.95. The van der Waals surface area contributed by atoms with Gasteiger partial charge in [-0.15, -0.1) is 0 Å². The minimum Gasteiger partial charge on any atom is -0.368 e. The largest absolute Gasteiger partial charge is 0.390 e. The minimum absolute atomic E-state index is 0.0994. The Labute approximate surface area is 267 Å². The highest BCUT2D eigenvalue weighted by molar-refractivity contribution is 6.39. The van der Waals surface area contributed by atoms with E-state index in [1.807, 2.05) is 11.5 Å². The van der Waals surface area contributed by atoms with Crippen molar-refractivity contribution in [3.63, 3.8) is 0 Å². The van der Waals surface area contributed by atoms with Gasteiger partial charge in [0.05, 0.1) is 51.0 Å². The molecule has 2 aromatic carbocycles. The highest BCUT2D eigenvalue weighted by Gasteiger charge is 2.42. The van der Waals surface area contributed by atoms with Crippen LogP contribution in [0.4, 0.5) is 39.3 Å². The van der Waals surface area contributed by atoms with Crippen LogP contribution in [-0.4, -0.2) is 54.1 Å². The summed E-state index contributed by atoms with van der Waals surface area (Å²) in [4.78, 5) is 31.4. The Balaban J connectivity index is 1.78. The number of alkyl halides is 5. The summed E-state index contributed by atoms with van der Waals surface area (Å²) in [6.45, 7) is 6.10. The number of aromatic nitrogens is 2. The first-order chi connectivity index (χ1) is 20.8. The molecule has 8 nitrogen and oxygen atoms in total. The molecule has 1 aliphatic carbocycles. The van der Waals surface area contributed by atoms with Gasteiger partial charge in [0.1, 0.15) is 0 Å². The smallest absolute Gasteiger partial charge is 0.368 e. The van der Waals surface area contributed by atoms with Gasteiger partial charge in [-0.05, 0) is 43.5 Å². The molecule has 1 aromatic heterocycles. The number of nitrogens with one attached hydrogen (secondary N) is 3. The summed E-state index contributed by atoms with van der Waals surface area (Å²) in [5.41, 5.74) is 0.721. The Morgan fingerprint density at radius 3 is 2.36 bits per heavy atom. The molecule has 2 amide bonds. The first-order valence-corrected chi connectivity index (χ1v) is 15.0. The van der Waals surface area contributed by atoms with Crippen molar-refractivity contribution in [1.29, 1.82) is 0 Å². The van der Waals surface area contributed by atoms with Gasteiger partial charge in [-0.25, -0.2) is 13.8 Å². The van der Waals surface area contributed by atoms with Gasteiger partial charge in [0.15, 0.2) is 0 Å². The Kier molecular flexibility index (Phi) is 9.84. The summed E-state index contributed by atoms with van der Waals surface area (Å²) in [6.07, 6.45) is -6.92. The minimum atomic E-state index is -4.48. The predicted octanol–water partition coefficient (Wildman–Crippen LogP) is 7.64. The number of fused-ring (bicyclic) bond motifs is 1. The van der Waals surface area contributed by atoms with Crippen LogP contribution in [0, 0.1) is 5.41 Å². The molecule has 246 valence electrons. The van der Waals surface area contributed by atoms with Gasteiger partial charge >= 0.3 is 6.18 Å².